The van der Waals surface area contributed by atoms with Gasteiger partial charge < -0.3 is 15.2 Å². The van der Waals surface area contributed by atoms with E-state index in [1.807, 2.05) is 0 Å². The van der Waals surface area contributed by atoms with Crippen LogP contribution in [0.2, 0.25) is 5.02 Å². The van der Waals surface area contributed by atoms with E-state index in [1.165, 1.54) is 4.57 Å². The molecule has 0 radical (unpaired) electrons. The van der Waals surface area contributed by atoms with E-state index in [0.717, 1.165) is 39.3 Å². The Hall–Kier alpha value is -2.16. The molecule has 1 aromatic carbocycles. The van der Waals surface area contributed by atoms with E-state index < -0.39 is 12.1 Å². The summed E-state index contributed by atoms with van der Waals surface area (Å²) in [5.74, 6) is 0.388. The number of fused-ring (bicyclic) bond motifs is 1. The van der Waals surface area contributed by atoms with Gasteiger partial charge in [0.15, 0.2) is 0 Å². The average Bonchev–Trinajstić information content (AvgIpc) is 2.63. The second-order valence-electron chi connectivity index (χ2n) is 6.54. The highest BCUT2D eigenvalue weighted by Gasteiger charge is 2.19. The highest BCUT2D eigenvalue weighted by Crippen LogP contribution is 2.21. The molecule has 2 heterocycles. The molecule has 1 unspecified atom stereocenters. The summed E-state index contributed by atoms with van der Waals surface area (Å²) in [7, 11) is 0. The molecular weight excluding hydrogens is 372 g/mol. The summed E-state index contributed by atoms with van der Waals surface area (Å²) < 4.78 is 6.88. The Morgan fingerprint density at radius 1 is 1.37 bits per heavy atom. The fraction of sp³-hybridized carbons (Fsp3) is 0.500. The highest BCUT2D eigenvalue weighted by molar-refractivity contribution is 6.35. The number of aromatic nitrogens is 2. The predicted molar refractivity (Wildman–Crippen MR) is 102 cm³/mol. The van der Waals surface area contributed by atoms with Crippen molar-refractivity contribution in [2.75, 3.05) is 32.8 Å². The number of nitrogens with zero attached hydrogens (tertiary/aromatic N) is 3. The van der Waals surface area contributed by atoms with Crippen LogP contribution in [0.1, 0.15) is 25.2 Å². The molecule has 146 valence electrons. The van der Waals surface area contributed by atoms with Crippen molar-refractivity contribution in [3.05, 3.63) is 39.4 Å². The van der Waals surface area contributed by atoms with Gasteiger partial charge in [-0.15, -0.1) is 0 Å². The molecule has 27 heavy (non-hydrogen) atoms. The summed E-state index contributed by atoms with van der Waals surface area (Å²) in [5, 5.41) is 12.1. The average molecular weight is 395 g/mol. The van der Waals surface area contributed by atoms with Gasteiger partial charge in [-0.2, -0.15) is 0 Å². The first-order valence-corrected chi connectivity index (χ1v) is 9.33. The van der Waals surface area contributed by atoms with Gasteiger partial charge in [0.1, 0.15) is 5.82 Å². The molecule has 1 fully saturated rings. The Bertz CT molecular complexity index is 880. The third kappa shape index (κ3) is 4.58. The number of nitrogens with one attached hydrogen (secondary N) is 1. The lowest BCUT2D eigenvalue weighted by Crippen LogP contribution is -2.38. The van der Waals surface area contributed by atoms with Crippen molar-refractivity contribution in [1.29, 1.82) is 0 Å². The van der Waals surface area contributed by atoms with Gasteiger partial charge in [-0.25, -0.2) is 9.78 Å². The Morgan fingerprint density at radius 3 is 2.81 bits per heavy atom. The minimum atomic E-state index is -1.16. The van der Waals surface area contributed by atoms with Gasteiger partial charge in [0, 0.05) is 26.2 Å². The molecule has 8 nitrogen and oxygen atoms in total. The number of hydrogen-bond acceptors (Lipinski definition) is 5. The minimum Gasteiger partial charge on any atom is -0.465 e. The van der Waals surface area contributed by atoms with Crippen molar-refractivity contribution in [1.82, 2.24) is 19.8 Å². The summed E-state index contributed by atoms with van der Waals surface area (Å²) in [6.45, 7) is 6.13. The Labute approximate surface area is 161 Å². The Morgan fingerprint density at radius 2 is 2.11 bits per heavy atom. The fourth-order valence-corrected chi connectivity index (χ4v) is 3.56. The van der Waals surface area contributed by atoms with Crippen LogP contribution in [0.15, 0.2) is 23.0 Å². The first-order chi connectivity index (χ1) is 13.0. The van der Waals surface area contributed by atoms with Crippen molar-refractivity contribution >= 4 is 28.6 Å². The molecule has 0 aliphatic carbocycles. The number of amides is 1. The topological polar surface area (TPSA) is 96.7 Å². The molecule has 1 atom stereocenters. The van der Waals surface area contributed by atoms with Crippen molar-refractivity contribution in [3.8, 4) is 0 Å². The van der Waals surface area contributed by atoms with Crippen molar-refractivity contribution in [3.63, 3.8) is 0 Å². The molecule has 0 saturated carbocycles. The molecule has 1 saturated heterocycles. The SMILES string of the molecule is CC(NC(=O)O)c1nc2cccc(Cl)c2c(=O)n1CCCN1CCOCC1. The minimum absolute atomic E-state index is 0.249. The predicted octanol–water partition coefficient (Wildman–Crippen LogP) is 2.10. The zero-order valence-electron chi connectivity index (χ0n) is 15.2. The van der Waals surface area contributed by atoms with E-state index in [0.29, 0.717) is 28.3 Å². The van der Waals surface area contributed by atoms with Crippen LogP contribution in [0.4, 0.5) is 4.79 Å². The van der Waals surface area contributed by atoms with Crippen molar-refractivity contribution in [2.24, 2.45) is 0 Å². The Kier molecular flexibility index (Phi) is 6.30. The lowest BCUT2D eigenvalue weighted by molar-refractivity contribution is 0.0368. The molecule has 1 amide bonds. The zero-order chi connectivity index (χ0) is 19.4. The van der Waals surface area contributed by atoms with Gasteiger partial charge in [-0.05, 0) is 25.5 Å². The standard InChI is InChI=1S/C18H23ClN4O4/c1-12(20-18(25)26)16-21-14-5-2-4-13(19)15(14)17(24)23(16)7-3-6-22-8-10-27-11-9-22/h2,4-5,12,20H,3,6-11H2,1H3,(H,25,26). The number of morpholine rings is 1. The summed E-state index contributed by atoms with van der Waals surface area (Å²) in [6, 6.07) is 4.46. The largest absolute Gasteiger partial charge is 0.465 e. The molecule has 1 aliphatic heterocycles. The molecule has 1 aliphatic rings. The quantitative estimate of drug-likeness (QED) is 0.778. The first-order valence-electron chi connectivity index (χ1n) is 8.96. The van der Waals surface area contributed by atoms with Crippen LogP contribution in [0.25, 0.3) is 10.9 Å². The molecule has 0 bridgehead atoms. The third-order valence-corrected chi connectivity index (χ3v) is 4.96. The molecule has 0 spiro atoms. The number of benzene rings is 1. The fourth-order valence-electron chi connectivity index (χ4n) is 3.31. The van der Waals surface area contributed by atoms with Crippen molar-refractivity contribution < 1.29 is 14.6 Å². The smallest absolute Gasteiger partial charge is 0.405 e. The third-order valence-electron chi connectivity index (χ3n) is 4.65. The van der Waals surface area contributed by atoms with Crippen LogP contribution in [0, 0.1) is 0 Å². The first kappa shape index (κ1) is 19.6. The van der Waals surface area contributed by atoms with E-state index in [-0.39, 0.29) is 5.56 Å². The van der Waals surface area contributed by atoms with Gasteiger partial charge in [-0.3, -0.25) is 14.3 Å². The van der Waals surface area contributed by atoms with E-state index in [2.05, 4.69) is 15.2 Å². The van der Waals surface area contributed by atoms with E-state index in [1.54, 1.807) is 25.1 Å². The monoisotopic (exact) mass is 394 g/mol. The number of rotatable bonds is 6. The molecule has 1 aromatic heterocycles. The van der Waals surface area contributed by atoms with Gasteiger partial charge in [0.05, 0.1) is 35.2 Å². The van der Waals surface area contributed by atoms with Crippen LogP contribution in [0.5, 0.6) is 0 Å². The summed E-state index contributed by atoms with van der Waals surface area (Å²) in [5.41, 5.74) is 0.215. The number of carboxylic acid groups (broad SMARTS) is 1. The summed E-state index contributed by atoms with van der Waals surface area (Å²) >= 11 is 6.22. The van der Waals surface area contributed by atoms with Gasteiger partial charge in [0.2, 0.25) is 0 Å². The maximum absolute atomic E-state index is 13.1. The number of hydrogen-bond donors (Lipinski definition) is 2. The van der Waals surface area contributed by atoms with E-state index in [4.69, 9.17) is 21.4 Å². The molecule has 9 heteroatoms. The van der Waals surface area contributed by atoms with E-state index in [9.17, 15) is 9.59 Å². The lowest BCUT2D eigenvalue weighted by atomic mass is 10.2. The summed E-state index contributed by atoms with van der Waals surface area (Å²) in [6.07, 6.45) is -0.424. The highest BCUT2D eigenvalue weighted by atomic mass is 35.5. The van der Waals surface area contributed by atoms with Crippen LogP contribution < -0.4 is 10.9 Å². The second-order valence-corrected chi connectivity index (χ2v) is 6.95. The normalized spacial score (nSPS) is 16.4. The molecule has 2 N–H and O–H groups in total. The van der Waals surface area contributed by atoms with Crippen LogP contribution in [0.3, 0.4) is 0 Å². The number of ether oxygens (including phenoxy) is 1. The van der Waals surface area contributed by atoms with Crippen molar-refractivity contribution in [2.45, 2.75) is 25.9 Å². The van der Waals surface area contributed by atoms with Gasteiger partial charge in [0.25, 0.3) is 5.56 Å². The Balaban J connectivity index is 1.91. The molecule has 2 aromatic rings. The zero-order valence-corrected chi connectivity index (χ0v) is 15.9. The maximum atomic E-state index is 13.1. The molecule has 3 rings (SSSR count). The second kappa shape index (κ2) is 8.69. The number of carbonyl (C=O) groups is 1. The van der Waals surface area contributed by atoms with Crippen LogP contribution >= 0.6 is 11.6 Å². The van der Waals surface area contributed by atoms with Gasteiger partial charge >= 0.3 is 6.09 Å². The lowest BCUT2D eigenvalue weighted by Gasteiger charge is -2.27. The number of halogens is 1. The van der Waals surface area contributed by atoms with Gasteiger partial charge in [-0.1, -0.05) is 17.7 Å². The van der Waals surface area contributed by atoms with Crippen LogP contribution in [-0.2, 0) is 11.3 Å². The van der Waals surface area contributed by atoms with E-state index >= 15 is 0 Å². The maximum Gasteiger partial charge on any atom is 0.405 e. The summed E-state index contributed by atoms with van der Waals surface area (Å²) in [4.78, 5) is 30.9. The molecular formula is C18H23ClN4O4. The van der Waals surface area contributed by atoms with Crippen LogP contribution in [-0.4, -0.2) is 58.5 Å².